The van der Waals surface area contributed by atoms with Crippen molar-refractivity contribution >= 4 is 34.8 Å². The average Bonchev–Trinajstić information content (AvgIpc) is 2.52. The molecular formula is C16H14Cl2N2O2. The topological polar surface area (TPSA) is 50.7 Å². The molecule has 1 N–H and O–H groups in total. The molecule has 0 aliphatic rings. The van der Waals surface area contributed by atoms with Gasteiger partial charge in [-0.3, -0.25) is 4.79 Å². The van der Waals surface area contributed by atoms with Crippen LogP contribution < -0.4 is 10.2 Å². The van der Waals surface area contributed by atoms with Crippen molar-refractivity contribution in [3.8, 4) is 5.75 Å². The zero-order chi connectivity index (χ0) is 15.9. The number of nitrogens with one attached hydrogen (secondary N) is 1. The molecule has 2 rings (SSSR count). The Bertz CT molecular complexity index is 668. The van der Waals surface area contributed by atoms with E-state index in [0.29, 0.717) is 21.5 Å². The normalized spacial score (nSPS) is 11.1. The highest BCUT2D eigenvalue weighted by Gasteiger charge is 2.03. The van der Waals surface area contributed by atoms with Crippen LogP contribution in [0.3, 0.4) is 0 Å². The predicted molar refractivity (Wildman–Crippen MR) is 88.8 cm³/mol. The number of amides is 1. The number of hydrogen-bond donors (Lipinski definition) is 1. The minimum absolute atomic E-state index is 0.126. The molecule has 0 spiro atoms. The zero-order valence-corrected chi connectivity index (χ0v) is 13.4. The molecule has 0 saturated carbocycles. The van der Waals surface area contributed by atoms with Crippen molar-refractivity contribution in [2.75, 3.05) is 6.61 Å². The molecule has 0 aromatic heterocycles. The second kappa shape index (κ2) is 7.82. The van der Waals surface area contributed by atoms with Gasteiger partial charge in [-0.25, -0.2) is 5.43 Å². The highest BCUT2D eigenvalue weighted by molar-refractivity contribution is 6.30. The molecule has 2 aromatic carbocycles. The molecule has 0 radical (unpaired) electrons. The second-order valence-corrected chi connectivity index (χ2v) is 5.35. The molecule has 0 fully saturated rings. The van der Waals surface area contributed by atoms with E-state index in [4.69, 9.17) is 27.9 Å². The molecule has 0 atom stereocenters. The van der Waals surface area contributed by atoms with Crippen molar-refractivity contribution < 1.29 is 9.53 Å². The van der Waals surface area contributed by atoms with E-state index in [2.05, 4.69) is 10.5 Å². The minimum Gasteiger partial charge on any atom is -0.484 e. The van der Waals surface area contributed by atoms with E-state index < -0.39 is 0 Å². The molecule has 1 amide bonds. The van der Waals surface area contributed by atoms with Gasteiger partial charge in [0.15, 0.2) is 6.61 Å². The van der Waals surface area contributed by atoms with Crippen LogP contribution in [-0.2, 0) is 4.79 Å². The van der Waals surface area contributed by atoms with Gasteiger partial charge in [-0.15, -0.1) is 0 Å². The third-order valence-electron chi connectivity index (χ3n) is 2.79. The smallest absolute Gasteiger partial charge is 0.277 e. The van der Waals surface area contributed by atoms with E-state index in [1.807, 2.05) is 12.1 Å². The molecule has 0 saturated heterocycles. The molecule has 6 heteroatoms. The molecule has 0 heterocycles. The van der Waals surface area contributed by atoms with E-state index in [0.717, 1.165) is 5.56 Å². The summed E-state index contributed by atoms with van der Waals surface area (Å²) in [6.07, 6.45) is 0. The molecular weight excluding hydrogens is 323 g/mol. The summed E-state index contributed by atoms with van der Waals surface area (Å²) in [5.41, 5.74) is 4.00. The lowest BCUT2D eigenvalue weighted by atomic mass is 10.1. The number of carbonyl (C=O) groups excluding carboxylic acids is 1. The monoisotopic (exact) mass is 336 g/mol. The van der Waals surface area contributed by atoms with Gasteiger partial charge in [0.05, 0.1) is 5.71 Å². The van der Waals surface area contributed by atoms with E-state index in [9.17, 15) is 4.79 Å². The van der Waals surface area contributed by atoms with Gasteiger partial charge in [-0.1, -0.05) is 35.3 Å². The molecule has 2 aromatic rings. The zero-order valence-electron chi connectivity index (χ0n) is 11.8. The fourth-order valence-corrected chi connectivity index (χ4v) is 1.87. The summed E-state index contributed by atoms with van der Waals surface area (Å²) in [7, 11) is 0. The van der Waals surface area contributed by atoms with E-state index in [1.54, 1.807) is 43.3 Å². The minimum atomic E-state index is -0.344. The third kappa shape index (κ3) is 5.06. The maximum Gasteiger partial charge on any atom is 0.277 e. The fraction of sp³-hybridized carbons (Fsp3) is 0.125. The molecule has 0 bridgehead atoms. The summed E-state index contributed by atoms with van der Waals surface area (Å²) in [5.74, 6) is 0.223. The van der Waals surface area contributed by atoms with Gasteiger partial charge in [0, 0.05) is 10.0 Å². The maximum atomic E-state index is 11.7. The predicted octanol–water partition coefficient (Wildman–Crippen LogP) is 3.91. The Morgan fingerprint density at radius 3 is 2.18 bits per heavy atom. The molecule has 114 valence electrons. The number of benzene rings is 2. The summed E-state index contributed by atoms with van der Waals surface area (Å²) in [6.45, 7) is 1.67. The van der Waals surface area contributed by atoms with Crippen molar-refractivity contribution in [3.05, 3.63) is 64.1 Å². The Labute approximate surface area is 138 Å². The van der Waals surface area contributed by atoms with Crippen LogP contribution in [0.5, 0.6) is 5.75 Å². The summed E-state index contributed by atoms with van der Waals surface area (Å²) < 4.78 is 5.32. The van der Waals surface area contributed by atoms with Gasteiger partial charge in [0.1, 0.15) is 5.75 Å². The first kappa shape index (κ1) is 16.3. The Hall–Kier alpha value is -2.04. The van der Waals surface area contributed by atoms with E-state index >= 15 is 0 Å². The van der Waals surface area contributed by atoms with Gasteiger partial charge in [0.2, 0.25) is 0 Å². The van der Waals surface area contributed by atoms with Crippen LogP contribution in [0.4, 0.5) is 0 Å². The van der Waals surface area contributed by atoms with Crippen molar-refractivity contribution in [3.63, 3.8) is 0 Å². The van der Waals surface area contributed by atoms with Crippen LogP contribution >= 0.6 is 23.2 Å². The number of hydrazone groups is 1. The first-order valence-electron chi connectivity index (χ1n) is 6.52. The molecule has 4 nitrogen and oxygen atoms in total. The number of halogens is 2. The summed E-state index contributed by atoms with van der Waals surface area (Å²) in [5, 5.41) is 5.28. The lowest BCUT2D eigenvalue weighted by Gasteiger charge is -2.06. The van der Waals surface area contributed by atoms with Gasteiger partial charge in [0.25, 0.3) is 5.91 Å². The Kier molecular flexibility index (Phi) is 5.81. The van der Waals surface area contributed by atoms with Gasteiger partial charge in [-0.05, 0) is 48.9 Å². The highest BCUT2D eigenvalue weighted by Crippen LogP contribution is 2.15. The quantitative estimate of drug-likeness (QED) is 0.664. The number of ether oxygens (including phenoxy) is 1. The largest absolute Gasteiger partial charge is 0.484 e. The van der Waals surface area contributed by atoms with Crippen molar-refractivity contribution in [2.24, 2.45) is 5.10 Å². The fourth-order valence-electron chi connectivity index (χ4n) is 1.61. The lowest BCUT2D eigenvalue weighted by molar-refractivity contribution is -0.123. The average molecular weight is 337 g/mol. The maximum absolute atomic E-state index is 11.7. The van der Waals surface area contributed by atoms with Gasteiger partial charge in [-0.2, -0.15) is 5.10 Å². The first-order chi connectivity index (χ1) is 10.5. The van der Waals surface area contributed by atoms with Crippen LogP contribution in [-0.4, -0.2) is 18.2 Å². The van der Waals surface area contributed by atoms with Crippen molar-refractivity contribution in [2.45, 2.75) is 6.92 Å². The van der Waals surface area contributed by atoms with Crippen LogP contribution in [0.25, 0.3) is 0 Å². The summed E-state index contributed by atoms with van der Waals surface area (Å²) >= 11 is 11.6. The Morgan fingerprint density at radius 1 is 1.05 bits per heavy atom. The highest BCUT2D eigenvalue weighted by atomic mass is 35.5. The molecule has 0 aliphatic heterocycles. The van der Waals surface area contributed by atoms with Crippen LogP contribution in [0.2, 0.25) is 10.0 Å². The van der Waals surface area contributed by atoms with Gasteiger partial charge < -0.3 is 4.74 Å². The molecule has 0 aliphatic carbocycles. The number of hydrogen-bond acceptors (Lipinski definition) is 3. The summed E-state index contributed by atoms with van der Waals surface area (Å²) in [6, 6.07) is 14.0. The van der Waals surface area contributed by atoms with Crippen LogP contribution in [0.15, 0.2) is 53.6 Å². The SMILES string of the molecule is C/C(=N/NC(=O)COc1ccc(Cl)cc1)c1ccc(Cl)cc1. The van der Waals surface area contributed by atoms with Crippen LogP contribution in [0, 0.1) is 0 Å². The number of rotatable bonds is 5. The van der Waals surface area contributed by atoms with Gasteiger partial charge >= 0.3 is 0 Å². The Morgan fingerprint density at radius 2 is 1.59 bits per heavy atom. The number of nitrogens with zero attached hydrogens (tertiary/aromatic N) is 1. The van der Waals surface area contributed by atoms with E-state index in [-0.39, 0.29) is 12.5 Å². The van der Waals surface area contributed by atoms with Crippen molar-refractivity contribution in [1.82, 2.24) is 5.43 Å². The number of carbonyl (C=O) groups is 1. The standard InChI is InChI=1S/C16H14Cl2N2O2/c1-11(12-2-4-13(17)5-3-12)19-20-16(21)10-22-15-8-6-14(18)7-9-15/h2-9H,10H2,1H3,(H,20,21)/b19-11-. The third-order valence-corrected chi connectivity index (χ3v) is 3.30. The first-order valence-corrected chi connectivity index (χ1v) is 7.27. The lowest BCUT2D eigenvalue weighted by Crippen LogP contribution is -2.25. The van der Waals surface area contributed by atoms with Crippen molar-refractivity contribution in [1.29, 1.82) is 0 Å². The summed E-state index contributed by atoms with van der Waals surface area (Å²) in [4.78, 5) is 11.7. The Balaban J connectivity index is 1.85. The van der Waals surface area contributed by atoms with E-state index in [1.165, 1.54) is 0 Å². The molecule has 22 heavy (non-hydrogen) atoms. The van der Waals surface area contributed by atoms with Crippen LogP contribution in [0.1, 0.15) is 12.5 Å². The second-order valence-electron chi connectivity index (χ2n) is 4.48. The molecule has 0 unspecified atom stereocenters.